The second-order valence-corrected chi connectivity index (χ2v) is 5.40. The number of benzene rings is 2. The van der Waals surface area contributed by atoms with E-state index in [1.54, 1.807) is 18.2 Å². The lowest BCUT2D eigenvalue weighted by molar-refractivity contribution is -0.141. The Morgan fingerprint density at radius 3 is 2.31 bits per heavy atom. The number of para-hydroxylation sites is 1. The molecule has 0 spiro atoms. The van der Waals surface area contributed by atoms with E-state index in [4.69, 9.17) is 9.47 Å². The first-order chi connectivity index (χ1) is 12.5. The van der Waals surface area contributed by atoms with E-state index in [0.29, 0.717) is 11.3 Å². The lowest BCUT2D eigenvalue weighted by Crippen LogP contribution is -2.30. The molecule has 2 aromatic rings. The Bertz CT molecular complexity index is 776. The van der Waals surface area contributed by atoms with Gasteiger partial charge in [0.2, 0.25) is 0 Å². The van der Waals surface area contributed by atoms with Gasteiger partial charge in [0, 0.05) is 0 Å². The number of carbonyl (C=O) groups is 2. The number of esters is 1. The number of carbonyl (C=O) groups excluding carboxylic acids is 2. The second-order valence-electron chi connectivity index (χ2n) is 5.40. The summed E-state index contributed by atoms with van der Waals surface area (Å²) in [7, 11) is 4.16. The Kier molecular flexibility index (Phi) is 6.54. The largest absolute Gasteiger partial charge is 0.493 e. The molecule has 0 saturated carbocycles. The third-order valence-electron chi connectivity index (χ3n) is 3.82. The fourth-order valence-electron chi connectivity index (χ4n) is 2.50. The standard InChI is InChI=1S/C19H20FNO5/c1-24-16-6-4-5-14(18(16)26-3)19(23)21-15(11-17(22)25-2)12-7-9-13(20)10-8-12/h4-10,15H,11H2,1-3H3,(H,21,23). The molecule has 2 aromatic carbocycles. The van der Waals surface area contributed by atoms with Crippen molar-refractivity contribution in [3.63, 3.8) is 0 Å². The van der Waals surface area contributed by atoms with E-state index < -0.39 is 23.7 Å². The highest BCUT2D eigenvalue weighted by atomic mass is 19.1. The van der Waals surface area contributed by atoms with Gasteiger partial charge in [0.1, 0.15) is 5.82 Å². The summed E-state index contributed by atoms with van der Waals surface area (Å²) in [6.45, 7) is 0. The van der Waals surface area contributed by atoms with E-state index in [0.717, 1.165) is 0 Å². The number of nitrogens with one attached hydrogen (secondary N) is 1. The Labute approximate surface area is 150 Å². The first kappa shape index (κ1) is 19.2. The lowest BCUT2D eigenvalue weighted by atomic mass is 10.0. The van der Waals surface area contributed by atoms with Gasteiger partial charge in [-0.05, 0) is 29.8 Å². The van der Waals surface area contributed by atoms with Gasteiger partial charge in [-0.2, -0.15) is 0 Å². The fourth-order valence-corrected chi connectivity index (χ4v) is 2.50. The molecule has 0 aliphatic heterocycles. The zero-order valence-corrected chi connectivity index (χ0v) is 14.7. The van der Waals surface area contributed by atoms with Gasteiger partial charge in [-0.3, -0.25) is 9.59 Å². The van der Waals surface area contributed by atoms with E-state index in [1.807, 2.05) is 0 Å². The molecule has 0 aliphatic rings. The molecule has 0 aromatic heterocycles. The van der Waals surface area contributed by atoms with Crippen molar-refractivity contribution in [2.45, 2.75) is 12.5 Å². The van der Waals surface area contributed by atoms with Crippen LogP contribution in [-0.2, 0) is 9.53 Å². The average molecular weight is 361 g/mol. The molecule has 138 valence electrons. The van der Waals surface area contributed by atoms with Gasteiger partial charge in [0.25, 0.3) is 5.91 Å². The van der Waals surface area contributed by atoms with Crippen molar-refractivity contribution in [1.29, 1.82) is 0 Å². The van der Waals surface area contributed by atoms with Crippen molar-refractivity contribution in [1.82, 2.24) is 5.32 Å². The van der Waals surface area contributed by atoms with Crippen molar-refractivity contribution in [3.05, 3.63) is 59.4 Å². The molecule has 2 rings (SSSR count). The first-order valence-corrected chi connectivity index (χ1v) is 7.84. The van der Waals surface area contributed by atoms with E-state index in [2.05, 4.69) is 10.1 Å². The van der Waals surface area contributed by atoms with Gasteiger partial charge in [-0.15, -0.1) is 0 Å². The molecule has 26 heavy (non-hydrogen) atoms. The Hall–Kier alpha value is -3.09. The topological polar surface area (TPSA) is 73.9 Å². The van der Waals surface area contributed by atoms with Crippen LogP contribution in [0.3, 0.4) is 0 Å². The summed E-state index contributed by atoms with van der Waals surface area (Å²) in [5, 5.41) is 2.76. The van der Waals surface area contributed by atoms with Crippen molar-refractivity contribution in [2.75, 3.05) is 21.3 Å². The molecule has 7 heteroatoms. The summed E-state index contributed by atoms with van der Waals surface area (Å²) in [5.74, 6) is -0.683. The summed E-state index contributed by atoms with van der Waals surface area (Å²) in [4.78, 5) is 24.5. The molecule has 6 nitrogen and oxygen atoms in total. The van der Waals surface area contributed by atoms with Crippen molar-refractivity contribution < 1.29 is 28.2 Å². The van der Waals surface area contributed by atoms with Crippen molar-refractivity contribution in [2.24, 2.45) is 0 Å². The molecule has 0 saturated heterocycles. The molecule has 1 unspecified atom stereocenters. The van der Waals surface area contributed by atoms with Crippen LogP contribution >= 0.6 is 0 Å². The van der Waals surface area contributed by atoms with Crippen LogP contribution in [0.1, 0.15) is 28.4 Å². The van der Waals surface area contributed by atoms with Gasteiger partial charge in [-0.1, -0.05) is 18.2 Å². The summed E-state index contributed by atoms with van der Waals surface area (Å²) in [6, 6.07) is 9.75. The van der Waals surface area contributed by atoms with Crippen LogP contribution in [0, 0.1) is 5.82 Å². The molecule has 0 fully saturated rings. The highest BCUT2D eigenvalue weighted by molar-refractivity contribution is 5.98. The quantitative estimate of drug-likeness (QED) is 0.768. The van der Waals surface area contributed by atoms with Crippen LogP contribution in [0.25, 0.3) is 0 Å². The van der Waals surface area contributed by atoms with Gasteiger partial charge in [0.15, 0.2) is 11.5 Å². The number of hydrogen-bond donors (Lipinski definition) is 1. The van der Waals surface area contributed by atoms with E-state index in [-0.39, 0.29) is 17.7 Å². The highest BCUT2D eigenvalue weighted by Crippen LogP contribution is 2.31. The van der Waals surface area contributed by atoms with Gasteiger partial charge in [-0.25, -0.2) is 4.39 Å². The molecule has 1 atom stereocenters. The maximum atomic E-state index is 13.2. The lowest BCUT2D eigenvalue weighted by Gasteiger charge is -2.19. The minimum atomic E-state index is -0.688. The third-order valence-corrected chi connectivity index (χ3v) is 3.82. The number of ether oxygens (including phenoxy) is 3. The number of amides is 1. The minimum absolute atomic E-state index is 0.0971. The summed E-state index contributed by atoms with van der Waals surface area (Å²) in [5.41, 5.74) is 0.829. The third kappa shape index (κ3) is 4.50. The number of halogens is 1. The van der Waals surface area contributed by atoms with Gasteiger partial charge >= 0.3 is 5.97 Å². The highest BCUT2D eigenvalue weighted by Gasteiger charge is 2.23. The van der Waals surface area contributed by atoms with Crippen LogP contribution in [0.4, 0.5) is 4.39 Å². The summed E-state index contributed by atoms with van der Waals surface area (Å²) >= 11 is 0. The summed E-state index contributed by atoms with van der Waals surface area (Å²) in [6.07, 6.45) is -0.0971. The number of rotatable bonds is 7. The SMILES string of the molecule is COC(=O)CC(NC(=O)c1cccc(OC)c1OC)c1ccc(F)cc1. The predicted octanol–water partition coefficient (Wildman–Crippen LogP) is 2.88. The van der Waals surface area contributed by atoms with E-state index >= 15 is 0 Å². The van der Waals surface area contributed by atoms with Crippen molar-refractivity contribution in [3.8, 4) is 11.5 Å². The smallest absolute Gasteiger partial charge is 0.307 e. The maximum Gasteiger partial charge on any atom is 0.307 e. The molecular weight excluding hydrogens is 341 g/mol. The molecule has 1 N–H and O–H groups in total. The molecule has 0 bridgehead atoms. The molecular formula is C19H20FNO5. The number of hydrogen-bond acceptors (Lipinski definition) is 5. The van der Waals surface area contributed by atoms with Crippen molar-refractivity contribution >= 4 is 11.9 Å². The van der Waals surface area contributed by atoms with Crippen LogP contribution in [-0.4, -0.2) is 33.2 Å². The predicted molar refractivity (Wildman–Crippen MR) is 92.8 cm³/mol. The average Bonchev–Trinajstić information content (AvgIpc) is 2.66. The Morgan fingerprint density at radius 2 is 1.73 bits per heavy atom. The molecule has 0 heterocycles. The summed E-state index contributed by atoms with van der Waals surface area (Å²) < 4.78 is 28.3. The molecule has 0 radical (unpaired) electrons. The van der Waals surface area contributed by atoms with Crippen LogP contribution in [0.2, 0.25) is 0 Å². The number of methoxy groups -OCH3 is 3. The molecule has 1 amide bonds. The zero-order valence-electron chi connectivity index (χ0n) is 14.7. The monoisotopic (exact) mass is 361 g/mol. The van der Waals surface area contributed by atoms with Gasteiger partial charge in [0.05, 0.1) is 39.4 Å². The first-order valence-electron chi connectivity index (χ1n) is 7.84. The van der Waals surface area contributed by atoms with Crippen LogP contribution < -0.4 is 14.8 Å². The van der Waals surface area contributed by atoms with Crippen LogP contribution in [0.5, 0.6) is 11.5 Å². The normalized spacial score (nSPS) is 11.4. The Balaban J connectivity index is 2.31. The second kappa shape index (κ2) is 8.84. The van der Waals surface area contributed by atoms with E-state index in [1.165, 1.54) is 45.6 Å². The molecule has 0 aliphatic carbocycles. The van der Waals surface area contributed by atoms with Gasteiger partial charge < -0.3 is 19.5 Å². The minimum Gasteiger partial charge on any atom is -0.493 e. The fraction of sp³-hybridized carbons (Fsp3) is 0.263. The Morgan fingerprint density at radius 1 is 1.04 bits per heavy atom. The van der Waals surface area contributed by atoms with E-state index in [9.17, 15) is 14.0 Å². The zero-order chi connectivity index (χ0) is 19.1. The maximum absolute atomic E-state index is 13.2. The van der Waals surface area contributed by atoms with Crippen LogP contribution in [0.15, 0.2) is 42.5 Å².